The van der Waals surface area contributed by atoms with Crippen LogP contribution < -0.4 is 26.4 Å². The van der Waals surface area contributed by atoms with Gasteiger partial charge < -0.3 is 21.1 Å². The Balaban J connectivity index is 2.00. The Hall–Kier alpha value is -4.22. The van der Waals surface area contributed by atoms with Gasteiger partial charge in [0.1, 0.15) is 6.33 Å². The van der Waals surface area contributed by atoms with Crippen LogP contribution in [0.15, 0.2) is 30.6 Å². The lowest BCUT2D eigenvalue weighted by atomic mass is 10.1. The van der Waals surface area contributed by atoms with E-state index in [2.05, 4.69) is 30.9 Å². The fourth-order valence-corrected chi connectivity index (χ4v) is 2.68. The number of carbonyl (C=O) groups excluding carboxylic acids is 2. The van der Waals surface area contributed by atoms with E-state index in [0.29, 0.717) is 22.8 Å². The molecule has 12 nitrogen and oxygen atoms in total. The van der Waals surface area contributed by atoms with Gasteiger partial charge in [-0.25, -0.2) is 9.78 Å². The van der Waals surface area contributed by atoms with Crippen LogP contribution in [0.2, 0.25) is 0 Å². The third-order valence-corrected chi connectivity index (χ3v) is 3.92. The average molecular weight is 414 g/mol. The molecule has 0 fully saturated rings. The smallest absolute Gasteiger partial charge is 0.317 e. The van der Waals surface area contributed by atoms with Gasteiger partial charge in [0.15, 0.2) is 17.4 Å². The number of rotatable bonds is 7. The molecule has 30 heavy (non-hydrogen) atoms. The predicted octanol–water partition coefficient (Wildman–Crippen LogP) is 0.803. The zero-order valence-electron chi connectivity index (χ0n) is 19.1. The largest absolute Gasteiger partial charge is 0.494 e. The molecule has 0 aliphatic carbocycles. The number of likely N-dealkylation sites (N-methyl/N-ethyl adjacent to an activating group) is 1. The molecule has 12 heteroatoms. The number of carbonyl (C=O) groups is 2. The number of hydrogen-bond acceptors (Lipinski definition) is 8. The van der Waals surface area contributed by atoms with E-state index in [4.69, 9.17) is 14.6 Å². The molecule has 156 valence electrons. The third kappa shape index (κ3) is 4.60. The van der Waals surface area contributed by atoms with Crippen molar-refractivity contribution in [2.24, 2.45) is 12.8 Å². The normalized spacial score (nSPS) is 12.3. The Morgan fingerprint density at radius 1 is 1.30 bits per heavy atom. The first-order valence-corrected chi connectivity index (χ1v) is 8.60. The van der Waals surface area contributed by atoms with Gasteiger partial charge in [-0.15, -0.1) is 5.10 Å². The van der Waals surface area contributed by atoms with Gasteiger partial charge in [0.05, 0.1) is 36.2 Å². The van der Waals surface area contributed by atoms with E-state index < -0.39 is 25.3 Å². The van der Waals surface area contributed by atoms with Crippen molar-refractivity contribution >= 4 is 29.1 Å². The van der Waals surface area contributed by atoms with Gasteiger partial charge in [-0.3, -0.25) is 14.8 Å². The average Bonchev–Trinajstić information content (AvgIpc) is 3.14. The Kier molecular flexibility index (Phi) is 4.93. The lowest BCUT2D eigenvalue weighted by molar-refractivity contribution is -0.120. The number of primary amides is 1. The van der Waals surface area contributed by atoms with E-state index in [1.54, 1.807) is 36.3 Å². The molecule has 3 aromatic rings. The molecule has 0 spiro atoms. The number of nitrogens with zero attached hydrogens (tertiary/aromatic N) is 5. The van der Waals surface area contributed by atoms with Crippen LogP contribution in [0.25, 0.3) is 11.4 Å². The second kappa shape index (κ2) is 8.86. The van der Waals surface area contributed by atoms with Gasteiger partial charge in [-0.2, -0.15) is 10.2 Å². The summed E-state index contributed by atoms with van der Waals surface area (Å²) in [5.41, 5.74) is 6.60. The number of aromatic nitrogens is 5. The molecule has 0 atom stereocenters. The Labute approximate surface area is 176 Å². The van der Waals surface area contributed by atoms with E-state index in [1.165, 1.54) is 13.2 Å². The van der Waals surface area contributed by atoms with E-state index >= 15 is 0 Å². The second-order valence-corrected chi connectivity index (χ2v) is 6.06. The molecule has 3 rings (SSSR count). The van der Waals surface area contributed by atoms with Crippen molar-refractivity contribution in [1.29, 1.82) is 0 Å². The summed E-state index contributed by atoms with van der Waals surface area (Å²) in [7, 11) is 3.21. The second-order valence-electron chi connectivity index (χ2n) is 6.06. The summed E-state index contributed by atoms with van der Waals surface area (Å²) in [5, 5.41) is 19.3. The quantitative estimate of drug-likeness (QED) is 0.441. The number of benzene rings is 1. The van der Waals surface area contributed by atoms with Crippen LogP contribution in [-0.4, -0.2) is 51.0 Å². The minimum absolute atomic E-state index is 0.0199. The number of anilines is 3. The minimum atomic E-state index is -2.65. The van der Waals surface area contributed by atoms with Crippen molar-refractivity contribution in [3.05, 3.63) is 36.3 Å². The number of nitrogens with one attached hydrogen (secondary N) is 3. The number of amides is 3. The van der Waals surface area contributed by atoms with Crippen molar-refractivity contribution in [3.8, 4) is 17.1 Å². The van der Waals surface area contributed by atoms with E-state index in [0.717, 1.165) is 0 Å². The topological polar surface area (TPSA) is 162 Å². The van der Waals surface area contributed by atoms with Crippen LogP contribution in [-0.2, 0) is 18.3 Å². The lowest BCUT2D eigenvalue weighted by Crippen LogP contribution is -2.23. The molecule has 1 aromatic carbocycles. The summed E-state index contributed by atoms with van der Waals surface area (Å²) in [5.74, 6) is 0.0647. The maximum atomic E-state index is 12.2. The highest BCUT2D eigenvalue weighted by Gasteiger charge is 2.17. The number of nitrogens with two attached hydrogens (primary N) is 1. The first-order valence-electron chi connectivity index (χ1n) is 10.1. The number of hydrogen-bond donors (Lipinski definition) is 4. The van der Waals surface area contributed by atoms with Crippen molar-refractivity contribution in [2.75, 3.05) is 24.7 Å². The molecule has 0 saturated heterocycles. The Morgan fingerprint density at radius 3 is 2.80 bits per heavy atom. The lowest BCUT2D eigenvalue weighted by Gasteiger charge is -2.16. The fourth-order valence-electron chi connectivity index (χ4n) is 2.68. The van der Waals surface area contributed by atoms with Crippen molar-refractivity contribution < 1.29 is 18.4 Å². The molecule has 0 saturated carbocycles. The number of ether oxygens (including phenoxy) is 1. The summed E-state index contributed by atoms with van der Waals surface area (Å²) in [6.07, 6.45) is 1.15. The molecule has 3 amide bonds. The van der Waals surface area contributed by atoms with Gasteiger partial charge in [0.25, 0.3) is 0 Å². The predicted molar refractivity (Wildman–Crippen MR) is 109 cm³/mol. The highest BCUT2D eigenvalue weighted by molar-refractivity contribution is 5.88. The summed E-state index contributed by atoms with van der Waals surface area (Å²) < 4.78 is 28.7. The summed E-state index contributed by atoms with van der Waals surface area (Å²) in [4.78, 5) is 27.6. The van der Waals surface area contributed by atoms with Crippen molar-refractivity contribution in [3.63, 3.8) is 0 Å². The molecule has 0 aliphatic rings. The SMILES string of the molecule is [2H]C([2H])([2H])NC(=O)Cc1nnc(NC(N)=O)cc1Nc1cccc(-c2ncn(C)n2)c1OC. The fraction of sp³-hybridized carbons (Fsp3) is 0.222. The number of para-hydroxylation sites is 1. The van der Waals surface area contributed by atoms with Crippen LogP contribution >= 0.6 is 0 Å². The van der Waals surface area contributed by atoms with Crippen LogP contribution in [0.4, 0.5) is 22.0 Å². The monoisotopic (exact) mass is 414 g/mol. The standard InChI is InChI=1S/C18H21N9O3/c1-20-15(28)8-13-12(7-14(25-24-13)23-18(19)29)22-11-6-4-5-10(16(11)30-3)17-21-9-27(2)26-17/h4-7,9H,8H2,1-3H3,(H,20,28)(H4,19,22,23,25,29)/i1D3. The number of aryl methyl sites for hydroxylation is 1. The maximum absolute atomic E-state index is 12.2. The van der Waals surface area contributed by atoms with Crippen LogP contribution in [0.1, 0.15) is 9.81 Å². The molecular formula is C18H21N9O3. The van der Waals surface area contributed by atoms with E-state index in [9.17, 15) is 9.59 Å². The van der Waals surface area contributed by atoms with Crippen molar-refractivity contribution in [1.82, 2.24) is 30.3 Å². The maximum Gasteiger partial charge on any atom is 0.317 e. The molecule has 0 bridgehead atoms. The number of urea groups is 1. The molecule has 5 N–H and O–H groups in total. The molecule has 0 aliphatic heterocycles. The third-order valence-electron chi connectivity index (χ3n) is 3.92. The Bertz CT molecular complexity index is 1180. The highest BCUT2D eigenvalue weighted by Crippen LogP contribution is 2.37. The van der Waals surface area contributed by atoms with E-state index in [1.807, 2.05) is 5.32 Å². The first kappa shape index (κ1) is 16.7. The minimum Gasteiger partial charge on any atom is -0.494 e. The van der Waals surface area contributed by atoms with Gasteiger partial charge in [0.2, 0.25) is 5.91 Å². The highest BCUT2D eigenvalue weighted by atomic mass is 16.5. The van der Waals surface area contributed by atoms with Gasteiger partial charge in [-0.1, -0.05) is 6.07 Å². The molecule has 2 heterocycles. The van der Waals surface area contributed by atoms with Gasteiger partial charge >= 0.3 is 6.03 Å². The zero-order valence-corrected chi connectivity index (χ0v) is 16.1. The molecule has 2 aromatic heterocycles. The van der Waals surface area contributed by atoms with Crippen LogP contribution in [0.3, 0.4) is 0 Å². The molecule has 0 radical (unpaired) electrons. The van der Waals surface area contributed by atoms with Crippen molar-refractivity contribution in [2.45, 2.75) is 6.42 Å². The Morgan fingerprint density at radius 2 is 2.13 bits per heavy atom. The summed E-state index contributed by atoms with van der Waals surface area (Å²) >= 11 is 0. The summed E-state index contributed by atoms with van der Waals surface area (Å²) in [6.45, 7) is -2.65. The van der Waals surface area contributed by atoms with Crippen LogP contribution in [0, 0.1) is 0 Å². The van der Waals surface area contributed by atoms with Crippen LogP contribution in [0.5, 0.6) is 5.75 Å². The summed E-state index contributed by atoms with van der Waals surface area (Å²) in [6, 6.07) is 5.77. The van der Waals surface area contributed by atoms with Gasteiger partial charge in [0, 0.05) is 24.2 Å². The number of methoxy groups -OCH3 is 1. The molecule has 0 unspecified atom stereocenters. The molecular weight excluding hydrogens is 390 g/mol. The van der Waals surface area contributed by atoms with E-state index in [-0.39, 0.29) is 17.2 Å². The first-order chi connectivity index (χ1) is 15.6. The zero-order chi connectivity index (χ0) is 24.2. The van der Waals surface area contributed by atoms with Gasteiger partial charge in [-0.05, 0) is 12.1 Å².